The summed E-state index contributed by atoms with van der Waals surface area (Å²) in [7, 11) is -0.535. The molecule has 24 heavy (non-hydrogen) atoms. The molecule has 0 aliphatic heterocycles. The molecule has 0 aliphatic rings. The van der Waals surface area contributed by atoms with E-state index in [1.807, 2.05) is 13.0 Å². The normalized spacial score (nSPS) is 12.0. The molecule has 0 heterocycles. The topological polar surface area (TPSA) is 64.6 Å². The van der Waals surface area contributed by atoms with E-state index in [9.17, 15) is 8.42 Å². The van der Waals surface area contributed by atoms with Crippen molar-refractivity contribution in [3.05, 3.63) is 53.6 Å². The highest BCUT2D eigenvalue weighted by atomic mass is 32.2. The molecule has 0 saturated heterocycles. The van der Waals surface area contributed by atoms with Crippen LogP contribution in [0.2, 0.25) is 0 Å². The number of rotatable bonds is 6. The zero-order valence-electron chi connectivity index (χ0n) is 14.6. The fourth-order valence-corrected chi connectivity index (χ4v) is 3.80. The molecule has 2 aromatic carbocycles. The average Bonchev–Trinajstić information content (AvgIpc) is 2.53. The minimum absolute atomic E-state index is 0.238. The zero-order chi connectivity index (χ0) is 18.0. The summed E-state index contributed by atoms with van der Waals surface area (Å²) in [6, 6.07) is 12.1. The molecule has 0 saturated carbocycles. The number of ether oxygens (including phenoxy) is 2. The van der Waals surface area contributed by atoms with Crippen LogP contribution < -0.4 is 14.2 Å². The van der Waals surface area contributed by atoms with Gasteiger partial charge in [0.25, 0.3) is 0 Å². The van der Waals surface area contributed by atoms with E-state index in [4.69, 9.17) is 9.47 Å². The summed E-state index contributed by atoms with van der Waals surface area (Å²) in [4.78, 5) is 0.238. The van der Waals surface area contributed by atoms with Crippen LogP contribution in [0.5, 0.6) is 11.5 Å². The van der Waals surface area contributed by atoms with Gasteiger partial charge in [0.15, 0.2) is 11.5 Å². The van der Waals surface area contributed by atoms with E-state index >= 15 is 0 Å². The highest BCUT2D eigenvalue weighted by Crippen LogP contribution is 2.32. The lowest BCUT2D eigenvalue weighted by atomic mass is 9.95. The van der Waals surface area contributed by atoms with Crippen molar-refractivity contribution < 1.29 is 17.9 Å². The Morgan fingerprint density at radius 2 is 1.50 bits per heavy atom. The summed E-state index contributed by atoms with van der Waals surface area (Å²) in [5.74, 6) is 1.15. The predicted octanol–water partition coefficient (Wildman–Crippen LogP) is 3.23. The Hall–Kier alpha value is -2.05. The maximum atomic E-state index is 12.6. The van der Waals surface area contributed by atoms with Gasteiger partial charge in [0.1, 0.15) is 0 Å². The van der Waals surface area contributed by atoms with Crippen molar-refractivity contribution in [1.29, 1.82) is 0 Å². The van der Waals surface area contributed by atoms with Crippen LogP contribution in [0.25, 0.3) is 0 Å². The summed E-state index contributed by atoms with van der Waals surface area (Å²) in [6.07, 6.45) is 0. The Balaban J connectivity index is 2.35. The molecule has 0 atom stereocenters. The first kappa shape index (κ1) is 18.3. The largest absolute Gasteiger partial charge is 0.493 e. The van der Waals surface area contributed by atoms with E-state index in [-0.39, 0.29) is 4.90 Å². The fraction of sp³-hybridized carbons (Fsp3) is 0.333. The van der Waals surface area contributed by atoms with E-state index in [1.165, 1.54) is 0 Å². The Labute approximate surface area is 143 Å². The molecule has 1 N–H and O–H groups in total. The van der Waals surface area contributed by atoms with Gasteiger partial charge < -0.3 is 9.47 Å². The lowest BCUT2D eigenvalue weighted by Crippen LogP contribution is -2.40. The second-order valence-electron chi connectivity index (χ2n) is 6.11. The van der Waals surface area contributed by atoms with Gasteiger partial charge in [-0.15, -0.1) is 0 Å². The predicted molar refractivity (Wildman–Crippen MR) is 94.1 cm³/mol. The monoisotopic (exact) mass is 349 g/mol. The summed E-state index contributed by atoms with van der Waals surface area (Å²) in [5, 5.41) is 0. The smallest absolute Gasteiger partial charge is 0.241 e. The number of aryl methyl sites for hydroxylation is 1. The van der Waals surface area contributed by atoms with Crippen LogP contribution in [0.1, 0.15) is 25.0 Å². The third-order valence-corrected chi connectivity index (χ3v) is 5.50. The molecule has 0 bridgehead atoms. The number of sulfonamides is 1. The van der Waals surface area contributed by atoms with Gasteiger partial charge >= 0.3 is 0 Å². The second kappa shape index (κ2) is 6.83. The minimum Gasteiger partial charge on any atom is -0.493 e. The molecule has 2 aromatic rings. The standard InChI is InChI=1S/C18H23NO4S/c1-13-6-9-15(10-7-13)24(20,21)19-18(2,3)14-8-11-16(22-4)17(12-14)23-5/h6-12,19H,1-5H3. The summed E-state index contributed by atoms with van der Waals surface area (Å²) >= 11 is 0. The van der Waals surface area contributed by atoms with Crippen molar-refractivity contribution in [2.45, 2.75) is 31.2 Å². The summed E-state index contributed by atoms with van der Waals surface area (Å²) in [6.45, 7) is 5.53. The SMILES string of the molecule is COc1ccc(C(C)(C)NS(=O)(=O)c2ccc(C)cc2)cc1OC. The summed E-state index contributed by atoms with van der Waals surface area (Å²) in [5.41, 5.74) is 0.965. The van der Waals surface area contributed by atoms with Crippen molar-refractivity contribution in [2.24, 2.45) is 0 Å². The molecular weight excluding hydrogens is 326 g/mol. The minimum atomic E-state index is -3.64. The third kappa shape index (κ3) is 3.88. The fourth-order valence-electron chi connectivity index (χ4n) is 2.40. The van der Waals surface area contributed by atoms with Gasteiger partial charge in [0, 0.05) is 0 Å². The van der Waals surface area contributed by atoms with Crippen LogP contribution in [-0.2, 0) is 15.6 Å². The van der Waals surface area contributed by atoms with Crippen molar-refractivity contribution in [3.8, 4) is 11.5 Å². The van der Waals surface area contributed by atoms with Crippen LogP contribution in [0, 0.1) is 6.92 Å². The van der Waals surface area contributed by atoms with Crippen molar-refractivity contribution in [1.82, 2.24) is 4.72 Å². The first-order valence-electron chi connectivity index (χ1n) is 7.53. The van der Waals surface area contributed by atoms with Gasteiger partial charge in [-0.25, -0.2) is 13.1 Å². The Morgan fingerprint density at radius 3 is 2.04 bits per heavy atom. The van der Waals surface area contributed by atoms with Crippen LogP contribution >= 0.6 is 0 Å². The first-order valence-corrected chi connectivity index (χ1v) is 9.01. The highest BCUT2D eigenvalue weighted by molar-refractivity contribution is 7.89. The zero-order valence-corrected chi connectivity index (χ0v) is 15.4. The van der Waals surface area contributed by atoms with Gasteiger partial charge in [0.2, 0.25) is 10.0 Å². The Bertz CT molecular complexity index is 811. The third-order valence-electron chi connectivity index (χ3n) is 3.83. The van der Waals surface area contributed by atoms with E-state index in [0.717, 1.165) is 11.1 Å². The number of hydrogen-bond donors (Lipinski definition) is 1. The maximum Gasteiger partial charge on any atom is 0.241 e. The van der Waals surface area contributed by atoms with Gasteiger partial charge in [-0.05, 0) is 50.6 Å². The number of nitrogens with one attached hydrogen (secondary N) is 1. The number of methoxy groups -OCH3 is 2. The highest BCUT2D eigenvalue weighted by Gasteiger charge is 2.28. The number of benzene rings is 2. The molecule has 0 amide bonds. The van der Waals surface area contributed by atoms with Crippen LogP contribution in [0.4, 0.5) is 0 Å². The Kier molecular flexibility index (Phi) is 5.20. The lowest BCUT2D eigenvalue weighted by molar-refractivity contribution is 0.352. The average molecular weight is 349 g/mol. The molecule has 6 heteroatoms. The van der Waals surface area contributed by atoms with Crippen LogP contribution in [0.15, 0.2) is 47.4 Å². The number of hydrogen-bond acceptors (Lipinski definition) is 4. The quantitative estimate of drug-likeness (QED) is 0.870. The summed E-state index contributed by atoms with van der Waals surface area (Å²) < 4.78 is 38.6. The van der Waals surface area contributed by atoms with Crippen molar-refractivity contribution >= 4 is 10.0 Å². The lowest BCUT2D eigenvalue weighted by Gasteiger charge is -2.27. The molecule has 5 nitrogen and oxygen atoms in total. The van der Waals surface area contributed by atoms with Gasteiger partial charge in [-0.3, -0.25) is 0 Å². The molecule has 2 rings (SSSR count). The van der Waals surface area contributed by atoms with Crippen molar-refractivity contribution in [3.63, 3.8) is 0 Å². The molecule has 130 valence electrons. The molecule has 0 radical (unpaired) electrons. The van der Waals surface area contributed by atoms with E-state index in [2.05, 4.69) is 4.72 Å². The molecule has 0 unspecified atom stereocenters. The van der Waals surface area contributed by atoms with Gasteiger partial charge in [0.05, 0.1) is 24.7 Å². The molecule has 0 fully saturated rings. The molecule has 0 spiro atoms. The van der Waals surface area contributed by atoms with E-state index < -0.39 is 15.6 Å². The second-order valence-corrected chi connectivity index (χ2v) is 7.80. The van der Waals surface area contributed by atoms with Crippen molar-refractivity contribution in [2.75, 3.05) is 14.2 Å². The van der Waals surface area contributed by atoms with E-state index in [1.54, 1.807) is 64.5 Å². The van der Waals surface area contributed by atoms with E-state index in [0.29, 0.717) is 11.5 Å². The van der Waals surface area contributed by atoms with Gasteiger partial charge in [-0.1, -0.05) is 23.8 Å². The first-order chi connectivity index (χ1) is 11.2. The molecule has 0 aromatic heterocycles. The molecule has 0 aliphatic carbocycles. The van der Waals surface area contributed by atoms with Crippen LogP contribution in [-0.4, -0.2) is 22.6 Å². The molecular formula is C18H23NO4S. The Morgan fingerprint density at radius 1 is 0.917 bits per heavy atom. The maximum absolute atomic E-state index is 12.6. The van der Waals surface area contributed by atoms with Gasteiger partial charge in [-0.2, -0.15) is 0 Å². The van der Waals surface area contributed by atoms with Crippen LogP contribution in [0.3, 0.4) is 0 Å².